The summed E-state index contributed by atoms with van der Waals surface area (Å²) in [5.41, 5.74) is 3.93. The standard InChI is InChI=1S/C15H23NO2/c1-2-18-7-3-6-16-11-12-4-5-13-9-15(17)10-14(13)8-12/h4-5,8,15-17H,2-3,6-7,9-11H2,1H3. The lowest BCUT2D eigenvalue weighted by molar-refractivity contribution is 0.144. The van der Waals surface area contributed by atoms with Gasteiger partial charge >= 0.3 is 0 Å². The SMILES string of the molecule is CCOCCCNCc1ccc2c(c1)CC(O)C2. The van der Waals surface area contributed by atoms with Crippen molar-refractivity contribution in [2.24, 2.45) is 0 Å². The summed E-state index contributed by atoms with van der Waals surface area (Å²) in [4.78, 5) is 0. The summed E-state index contributed by atoms with van der Waals surface area (Å²) in [6.07, 6.45) is 2.51. The van der Waals surface area contributed by atoms with Crippen molar-refractivity contribution < 1.29 is 9.84 Å². The monoisotopic (exact) mass is 249 g/mol. The van der Waals surface area contributed by atoms with Gasteiger partial charge in [-0.25, -0.2) is 0 Å². The predicted octanol–water partition coefficient (Wildman–Crippen LogP) is 1.66. The zero-order valence-corrected chi connectivity index (χ0v) is 11.1. The molecule has 18 heavy (non-hydrogen) atoms. The lowest BCUT2D eigenvalue weighted by Gasteiger charge is -2.07. The molecule has 0 heterocycles. The molecule has 1 aliphatic rings. The van der Waals surface area contributed by atoms with Gasteiger partial charge in [-0.3, -0.25) is 0 Å². The zero-order valence-electron chi connectivity index (χ0n) is 11.1. The van der Waals surface area contributed by atoms with E-state index in [1.807, 2.05) is 6.92 Å². The molecule has 1 unspecified atom stereocenters. The quantitative estimate of drug-likeness (QED) is 0.722. The molecule has 0 aliphatic heterocycles. The van der Waals surface area contributed by atoms with E-state index in [0.717, 1.165) is 45.6 Å². The van der Waals surface area contributed by atoms with Crippen LogP contribution >= 0.6 is 0 Å². The largest absolute Gasteiger partial charge is 0.392 e. The van der Waals surface area contributed by atoms with Gasteiger partial charge in [0.05, 0.1) is 6.10 Å². The Balaban J connectivity index is 1.72. The molecule has 100 valence electrons. The average Bonchev–Trinajstić information content (AvgIpc) is 2.73. The third-order valence-electron chi connectivity index (χ3n) is 3.36. The molecule has 1 aliphatic carbocycles. The fraction of sp³-hybridized carbons (Fsp3) is 0.600. The van der Waals surface area contributed by atoms with Crippen molar-refractivity contribution in [2.75, 3.05) is 19.8 Å². The first kappa shape index (κ1) is 13.5. The molecule has 1 aromatic rings. The first-order valence-electron chi connectivity index (χ1n) is 6.86. The van der Waals surface area contributed by atoms with Crippen LogP contribution in [0.4, 0.5) is 0 Å². The van der Waals surface area contributed by atoms with E-state index in [4.69, 9.17) is 4.74 Å². The normalized spacial score (nSPS) is 18.0. The molecule has 1 aromatic carbocycles. The van der Waals surface area contributed by atoms with Crippen LogP contribution in [0.1, 0.15) is 30.0 Å². The van der Waals surface area contributed by atoms with Crippen LogP contribution < -0.4 is 5.32 Å². The van der Waals surface area contributed by atoms with E-state index >= 15 is 0 Å². The topological polar surface area (TPSA) is 41.5 Å². The maximum atomic E-state index is 9.61. The van der Waals surface area contributed by atoms with E-state index in [2.05, 4.69) is 23.5 Å². The molecular formula is C15H23NO2. The smallest absolute Gasteiger partial charge is 0.0621 e. The van der Waals surface area contributed by atoms with Crippen molar-refractivity contribution in [3.8, 4) is 0 Å². The molecule has 0 saturated heterocycles. The van der Waals surface area contributed by atoms with E-state index in [1.54, 1.807) is 0 Å². The molecule has 0 bridgehead atoms. The summed E-state index contributed by atoms with van der Waals surface area (Å²) in [7, 11) is 0. The minimum atomic E-state index is -0.172. The van der Waals surface area contributed by atoms with Crippen molar-refractivity contribution in [3.05, 3.63) is 34.9 Å². The lowest BCUT2D eigenvalue weighted by Crippen LogP contribution is -2.16. The Kier molecular flexibility index (Phi) is 5.17. The molecule has 2 N–H and O–H groups in total. The Morgan fingerprint density at radius 2 is 2.17 bits per heavy atom. The molecule has 0 amide bonds. The maximum Gasteiger partial charge on any atom is 0.0621 e. The molecule has 0 aromatic heterocycles. The molecule has 1 atom stereocenters. The van der Waals surface area contributed by atoms with Crippen LogP contribution in [0.3, 0.4) is 0 Å². The summed E-state index contributed by atoms with van der Waals surface area (Å²) in [6.45, 7) is 5.54. The van der Waals surface area contributed by atoms with Gasteiger partial charge in [-0.2, -0.15) is 0 Å². The van der Waals surface area contributed by atoms with Crippen LogP contribution in [0.2, 0.25) is 0 Å². The van der Waals surface area contributed by atoms with Crippen molar-refractivity contribution in [3.63, 3.8) is 0 Å². The third kappa shape index (κ3) is 3.80. The van der Waals surface area contributed by atoms with Crippen LogP contribution in [0, 0.1) is 0 Å². The van der Waals surface area contributed by atoms with Gasteiger partial charge in [0.25, 0.3) is 0 Å². The van der Waals surface area contributed by atoms with Crippen molar-refractivity contribution in [1.29, 1.82) is 0 Å². The second-order valence-electron chi connectivity index (χ2n) is 4.89. The highest BCUT2D eigenvalue weighted by molar-refractivity contribution is 5.36. The second kappa shape index (κ2) is 6.88. The van der Waals surface area contributed by atoms with Crippen LogP contribution in [0.5, 0.6) is 0 Å². The first-order valence-corrected chi connectivity index (χ1v) is 6.86. The Morgan fingerprint density at radius 3 is 3.00 bits per heavy atom. The minimum Gasteiger partial charge on any atom is -0.392 e. The Hall–Kier alpha value is -0.900. The number of hydrogen-bond donors (Lipinski definition) is 2. The fourth-order valence-corrected chi connectivity index (χ4v) is 2.43. The van der Waals surface area contributed by atoms with Gasteiger partial charge in [-0.15, -0.1) is 0 Å². The van der Waals surface area contributed by atoms with Gasteiger partial charge in [0.1, 0.15) is 0 Å². The van der Waals surface area contributed by atoms with Gasteiger partial charge in [0.15, 0.2) is 0 Å². The van der Waals surface area contributed by atoms with E-state index in [-0.39, 0.29) is 6.10 Å². The Bertz CT molecular complexity index is 379. The average molecular weight is 249 g/mol. The van der Waals surface area contributed by atoms with E-state index in [9.17, 15) is 5.11 Å². The maximum absolute atomic E-state index is 9.61. The number of aliphatic hydroxyl groups is 1. The number of aliphatic hydroxyl groups excluding tert-OH is 1. The molecule has 3 heteroatoms. The number of ether oxygens (including phenoxy) is 1. The van der Waals surface area contributed by atoms with E-state index < -0.39 is 0 Å². The van der Waals surface area contributed by atoms with Gasteiger partial charge in [-0.1, -0.05) is 18.2 Å². The van der Waals surface area contributed by atoms with Crippen molar-refractivity contribution in [2.45, 2.75) is 38.8 Å². The van der Waals surface area contributed by atoms with Crippen LogP contribution in [-0.4, -0.2) is 31.0 Å². The Morgan fingerprint density at radius 1 is 1.33 bits per heavy atom. The molecule has 0 spiro atoms. The van der Waals surface area contributed by atoms with E-state index in [0.29, 0.717) is 0 Å². The summed E-state index contributed by atoms with van der Waals surface area (Å²) in [6, 6.07) is 6.54. The number of hydrogen-bond acceptors (Lipinski definition) is 3. The molecule has 2 rings (SSSR count). The lowest BCUT2D eigenvalue weighted by atomic mass is 10.1. The Labute approximate surface area is 109 Å². The van der Waals surface area contributed by atoms with Gasteiger partial charge in [0.2, 0.25) is 0 Å². The number of rotatable bonds is 7. The number of benzene rings is 1. The second-order valence-corrected chi connectivity index (χ2v) is 4.89. The number of nitrogens with one attached hydrogen (secondary N) is 1. The number of fused-ring (bicyclic) bond motifs is 1. The molecule has 0 radical (unpaired) electrons. The zero-order chi connectivity index (χ0) is 12.8. The molecule has 0 saturated carbocycles. The predicted molar refractivity (Wildman–Crippen MR) is 72.7 cm³/mol. The highest BCUT2D eigenvalue weighted by Crippen LogP contribution is 2.23. The van der Waals surface area contributed by atoms with E-state index in [1.165, 1.54) is 16.7 Å². The van der Waals surface area contributed by atoms with Crippen molar-refractivity contribution >= 4 is 0 Å². The van der Waals surface area contributed by atoms with Gasteiger partial charge in [-0.05, 0) is 49.4 Å². The van der Waals surface area contributed by atoms with Crippen molar-refractivity contribution in [1.82, 2.24) is 5.32 Å². The van der Waals surface area contributed by atoms with Gasteiger partial charge in [0, 0.05) is 19.8 Å². The summed E-state index contributed by atoms with van der Waals surface area (Å²) < 4.78 is 5.29. The first-order chi connectivity index (χ1) is 8.79. The summed E-state index contributed by atoms with van der Waals surface area (Å²) in [5.74, 6) is 0. The third-order valence-corrected chi connectivity index (χ3v) is 3.36. The summed E-state index contributed by atoms with van der Waals surface area (Å²) >= 11 is 0. The fourth-order valence-electron chi connectivity index (χ4n) is 2.43. The van der Waals surface area contributed by atoms with Gasteiger partial charge < -0.3 is 15.2 Å². The summed E-state index contributed by atoms with van der Waals surface area (Å²) in [5, 5.41) is 13.0. The molecule has 3 nitrogen and oxygen atoms in total. The van der Waals surface area contributed by atoms with Crippen LogP contribution in [0.25, 0.3) is 0 Å². The van der Waals surface area contributed by atoms with Crippen LogP contribution in [-0.2, 0) is 24.1 Å². The van der Waals surface area contributed by atoms with Crippen LogP contribution in [0.15, 0.2) is 18.2 Å². The highest BCUT2D eigenvalue weighted by Gasteiger charge is 2.18. The highest BCUT2D eigenvalue weighted by atomic mass is 16.5. The minimum absolute atomic E-state index is 0.172. The molecule has 0 fully saturated rings. The molecular weight excluding hydrogens is 226 g/mol.